The fraction of sp³-hybridized carbons (Fsp3) is 0.412. The topological polar surface area (TPSA) is 86.7 Å². The van der Waals surface area contributed by atoms with Crippen LogP contribution in [0.25, 0.3) is 0 Å². The number of nitrogens with one attached hydrogen (secondary N) is 2. The van der Waals surface area contributed by atoms with Gasteiger partial charge in [0, 0.05) is 26.0 Å². The molecule has 1 aromatic carbocycles. The van der Waals surface area contributed by atoms with Gasteiger partial charge < -0.3 is 10.6 Å². The number of alkyl halides is 3. The average molecular weight is 577 g/mol. The standard InChI is InChI=1S/C17H22F3N5O2S2.HI/c1-4-21-16(23-10-15-24-14(11-28-15)17(18,19)20)22-9-12-7-5-6-8-13(12)29(26,27)25(2)3;/h5-8,11H,4,9-10H2,1-3H3,(H2,21,22,23);1H. The highest BCUT2D eigenvalue weighted by Crippen LogP contribution is 2.29. The van der Waals surface area contributed by atoms with Gasteiger partial charge in [0.2, 0.25) is 10.0 Å². The van der Waals surface area contributed by atoms with Gasteiger partial charge in [-0.05, 0) is 18.6 Å². The number of aliphatic imine (C=N–C) groups is 1. The zero-order valence-corrected chi connectivity index (χ0v) is 20.5. The van der Waals surface area contributed by atoms with Crippen LogP contribution >= 0.6 is 35.3 Å². The van der Waals surface area contributed by atoms with E-state index in [0.717, 1.165) is 21.0 Å². The fourth-order valence-corrected chi connectivity index (χ4v) is 4.12. The predicted octanol–water partition coefficient (Wildman–Crippen LogP) is 3.29. The molecule has 0 atom stereocenters. The van der Waals surface area contributed by atoms with Crippen molar-refractivity contribution in [1.82, 2.24) is 19.9 Å². The summed E-state index contributed by atoms with van der Waals surface area (Å²) in [5, 5.41) is 7.11. The molecular weight excluding hydrogens is 554 g/mol. The molecular formula is C17H23F3IN5O2S2. The smallest absolute Gasteiger partial charge is 0.357 e. The van der Waals surface area contributed by atoms with Crippen molar-refractivity contribution in [1.29, 1.82) is 0 Å². The van der Waals surface area contributed by atoms with Gasteiger partial charge in [-0.2, -0.15) is 13.2 Å². The maximum Gasteiger partial charge on any atom is 0.434 e. The molecule has 7 nitrogen and oxygen atoms in total. The summed E-state index contributed by atoms with van der Waals surface area (Å²) in [4.78, 5) is 8.07. The third kappa shape index (κ3) is 7.06. The number of aromatic nitrogens is 1. The van der Waals surface area contributed by atoms with E-state index in [-0.39, 0.29) is 47.0 Å². The molecule has 0 aliphatic carbocycles. The first-order valence-corrected chi connectivity index (χ1v) is 10.9. The van der Waals surface area contributed by atoms with E-state index in [4.69, 9.17) is 0 Å². The summed E-state index contributed by atoms with van der Waals surface area (Å²) < 4.78 is 64.0. The highest BCUT2D eigenvalue weighted by Gasteiger charge is 2.33. The Kier molecular flexibility index (Phi) is 9.97. The Morgan fingerprint density at radius 3 is 2.47 bits per heavy atom. The van der Waals surface area contributed by atoms with Crippen molar-refractivity contribution in [3.63, 3.8) is 0 Å². The zero-order chi connectivity index (χ0) is 21.7. The fourth-order valence-electron chi connectivity index (χ4n) is 2.27. The molecule has 2 aromatic rings. The Morgan fingerprint density at radius 2 is 1.90 bits per heavy atom. The van der Waals surface area contributed by atoms with Crippen molar-refractivity contribution in [3.05, 3.63) is 45.9 Å². The van der Waals surface area contributed by atoms with E-state index >= 15 is 0 Å². The van der Waals surface area contributed by atoms with Gasteiger partial charge in [-0.3, -0.25) is 0 Å². The number of thiazole rings is 1. The van der Waals surface area contributed by atoms with Crippen LogP contribution in [0, 0.1) is 0 Å². The molecule has 0 unspecified atom stereocenters. The largest absolute Gasteiger partial charge is 0.434 e. The zero-order valence-electron chi connectivity index (χ0n) is 16.5. The minimum Gasteiger partial charge on any atom is -0.357 e. The van der Waals surface area contributed by atoms with Crippen LogP contribution in [0.5, 0.6) is 0 Å². The summed E-state index contributed by atoms with van der Waals surface area (Å²) in [6.45, 7) is 2.50. The lowest BCUT2D eigenvalue weighted by atomic mass is 10.2. The van der Waals surface area contributed by atoms with E-state index in [1.54, 1.807) is 18.2 Å². The average Bonchev–Trinajstić information content (AvgIpc) is 3.13. The van der Waals surface area contributed by atoms with Crippen LogP contribution in [-0.2, 0) is 29.3 Å². The van der Waals surface area contributed by atoms with E-state index in [9.17, 15) is 21.6 Å². The quantitative estimate of drug-likeness (QED) is 0.300. The molecule has 0 aliphatic rings. The lowest BCUT2D eigenvalue weighted by molar-refractivity contribution is -0.140. The third-order valence-electron chi connectivity index (χ3n) is 3.73. The lowest BCUT2D eigenvalue weighted by Gasteiger charge is -2.15. The molecule has 0 fully saturated rings. The lowest BCUT2D eigenvalue weighted by Crippen LogP contribution is -2.36. The van der Waals surface area contributed by atoms with Gasteiger partial charge in [-0.25, -0.2) is 22.7 Å². The summed E-state index contributed by atoms with van der Waals surface area (Å²) in [5.74, 6) is 0.341. The maximum atomic E-state index is 12.7. The van der Waals surface area contributed by atoms with Crippen molar-refractivity contribution in [2.24, 2.45) is 4.99 Å². The Bertz CT molecular complexity index is 962. The van der Waals surface area contributed by atoms with Crippen molar-refractivity contribution in [3.8, 4) is 0 Å². The summed E-state index contributed by atoms with van der Waals surface area (Å²) in [5.41, 5.74) is -0.420. The highest BCUT2D eigenvalue weighted by molar-refractivity contribution is 14.0. The monoisotopic (exact) mass is 577 g/mol. The van der Waals surface area contributed by atoms with E-state index in [0.29, 0.717) is 18.1 Å². The first kappa shape index (κ1) is 26.6. The number of benzene rings is 1. The summed E-state index contributed by atoms with van der Waals surface area (Å²) in [6.07, 6.45) is -4.48. The van der Waals surface area contributed by atoms with E-state index < -0.39 is 21.9 Å². The van der Waals surface area contributed by atoms with Crippen LogP contribution in [0.3, 0.4) is 0 Å². The molecule has 0 bridgehead atoms. The normalized spacial score (nSPS) is 12.6. The van der Waals surface area contributed by atoms with Crippen LogP contribution in [0.2, 0.25) is 0 Å². The molecule has 0 saturated carbocycles. The number of rotatable bonds is 7. The van der Waals surface area contributed by atoms with Crippen LogP contribution in [0.15, 0.2) is 39.5 Å². The third-order valence-corrected chi connectivity index (χ3v) is 6.50. The summed E-state index contributed by atoms with van der Waals surface area (Å²) >= 11 is 0.899. The van der Waals surface area contributed by atoms with Crippen molar-refractivity contribution < 1.29 is 21.6 Å². The first-order chi connectivity index (χ1) is 13.6. The minimum atomic E-state index is -4.48. The highest BCUT2D eigenvalue weighted by atomic mass is 127. The molecule has 0 amide bonds. The Hall–Kier alpha value is -1.45. The second kappa shape index (κ2) is 11.2. The number of hydrogen-bond acceptors (Lipinski definition) is 5. The van der Waals surface area contributed by atoms with Gasteiger partial charge in [0.05, 0.1) is 18.0 Å². The van der Waals surface area contributed by atoms with Gasteiger partial charge in [-0.1, -0.05) is 18.2 Å². The van der Waals surface area contributed by atoms with Gasteiger partial charge in [0.25, 0.3) is 0 Å². The second-order valence-electron chi connectivity index (χ2n) is 6.07. The van der Waals surface area contributed by atoms with Crippen LogP contribution < -0.4 is 10.6 Å². The number of nitrogens with zero attached hydrogens (tertiary/aromatic N) is 3. The van der Waals surface area contributed by atoms with Crippen molar-refractivity contribution in [2.45, 2.75) is 31.1 Å². The molecule has 0 aliphatic heterocycles. The Morgan fingerprint density at radius 1 is 1.23 bits per heavy atom. The number of sulfonamides is 1. The molecule has 0 radical (unpaired) electrons. The Balaban J connectivity index is 0.00000450. The molecule has 0 spiro atoms. The SMILES string of the molecule is CCNC(=NCc1ccccc1S(=O)(=O)N(C)C)NCc1nc(C(F)(F)F)cs1.I. The molecule has 2 N–H and O–H groups in total. The number of hydrogen-bond donors (Lipinski definition) is 2. The van der Waals surface area contributed by atoms with E-state index in [1.165, 1.54) is 20.2 Å². The van der Waals surface area contributed by atoms with E-state index in [2.05, 4.69) is 20.6 Å². The first-order valence-electron chi connectivity index (χ1n) is 8.60. The molecule has 30 heavy (non-hydrogen) atoms. The van der Waals surface area contributed by atoms with Gasteiger partial charge in [0.1, 0.15) is 5.01 Å². The molecule has 1 aromatic heterocycles. The van der Waals surface area contributed by atoms with Gasteiger partial charge >= 0.3 is 6.18 Å². The minimum absolute atomic E-state index is 0. The second-order valence-corrected chi connectivity index (χ2v) is 9.13. The van der Waals surface area contributed by atoms with Gasteiger partial charge in [0.15, 0.2) is 11.7 Å². The van der Waals surface area contributed by atoms with Crippen molar-refractivity contribution in [2.75, 3.05) is 20.6 Å². The molecule has 13 heteroatoms. The maximum absolute atomic E-state index is 12.7. The van der Waals surface area contributed by atoms with Crippen LogP contribution in [-0.4, -0.2) is 44.3 Å². The van der Waals surface area contributed by atoms with Crippen LogP contribution in [0.4, 0.5) is 13.2 Å². The molecule has 168 valence electrons. The summed E-state index contributed by atoms with van der Waals surface area (Å²) in [6, 6.07) is 6.52. The van der Waals surface area contributed by atoms with Crippen molar-refractivity contribution >= 4 is 51.3 Å². The Labute approximate surface area is 194 Å². The summed E-state index contributed by atoms with van der Waals surface area (Å²) in [7, 11) is -0.729. The molecule has 1 heterocycles. The van der Waals surface area contributed by atoms with Gasteiger partial charge in [-0.15, -0.1) is 35.3 Å². The number of halogens is 4. The van der Waals surface area contributed by atoms with Crippen LogP contribution in [0.1, 0.15) is 23.2 Å². The number of guanidine groups is 1. The molecule has 2 rings (SSSR count). The molecule has 0 saturated heterocycles. The van der Waals surface area contributed by atoms with E-state index in [1.807, 2.05) is 6.92 Å². The predicted molar refractivity (Wildman–Crippen MR) is 122 cm³/mol.